The van der Waals surface area contributed by atoms with Crippen LogP contribution in [0.4, 0.5) is 0 Å². The van der Waals surface area contributed by atoms with Gasteiger partial charge >= 0.3 is 0 Å². The number of hydrogen-bond donors (Lipinski definition) is 1. The van der Waals surface area contributed by atoms with E-state index in [9.17, 15) is 0 Å². The molecule has 114 valence electrons. The van der Waals surface area contributed by atoms with Crippen LogP contribution in [0, 0.1) is 5.92 Å². The summed E-state index contributed by atoms with van der Waals surface area (Å²) < 4.78 is 16.1. The molecule has 1 unspecified atom stereocenters. The van der Waals surface area contributed by atoms with Crippen LogP contribution < -0.4 is 15.2 Å². The fourth-order valence-corrected chi connectivity index (χ4v) is 2.04. The molecule has 21 heavy (non-hydrogen) atoms. The van der Waals surface area contributed by atoms with Crippen molar-refractivity contribution in [3.63, 3.8) is 0 Å². The molecular weight excluding hydrogens is 270 g/mol. The summed E-state index contributed by atoms with van der Waals surface area (Å²) in [5, 5.41) is 8.09. The summed E-state index contributed by atoms with van der Waals surface area (Å²) in [7, 11) is 3.19. The lowest BCUT2D eigenvalue weighted by Crippen LogP contribution is -2.13. The standard InChI is InChI=1S/C15H21N3O3/c1-9(2)5-13(16)15-18-17-14(21-15)10-6-11(19-3)8-12(7-10)20-4/h6-9,13H,5,16H2,1-4H3. The molecule has 2 aromatic rings. The number of nitrogens with zero attached hydrogens (tertiary/aromatic N) is 2. The molecule has 6 heteroatoms. The minimum absolute atomic E-state index is 0.251. The lowest BCUT2D eigenvalue weighted by molar-refractivity contribution is 0.393. The van der Waals surface area contributed by atoms with E-state index in [2.05, 4.69) is 24.0 Å². The van der Waals surface area contributed by atoms with Crippen LogP contribution in [0.5, 0.6) is 11.5 Å². The van der Waals surface area contributed by atoms with Gasteiger partial charge in [-0.2, -0.15) is 0 Å². The zero-order chi connectivity index (χ0) is 15.4. The minimum Gasteiger partial charge on any atom is -0.497 e. The van der Waals surface area contributed by atoms with Gasteiger partial charge in [-0.15, -0.1) is 10.2 Å². The van der Waals surface area contributed by atoms with Crippen LogP contribution in [0.2, 0.25) is 0 Å². The van der Waals surface area contributed by atoms with Gasteiger partial charge in [0.25, 0.3) is 0 Å². The molecule has 0 saturated heterocycles. The maximum atomic E-state index is 6.05. The van der Waals surface area contributed by atoms with Crippen LogP contribution in [0.15, 0.2) is 22.6 Å². The van der Waals surface area contributed by atoms with E-state index in [0.717, 1.165) is 12.0 Å². The highest BCUT2D eigenvalue weighted by atomic mass is 16.5. The Kier molecular flexibility index (Phi) is 4.80. The third-order valence-corrected chi connectivity index (χ3v) is 3.08. The van der Waals surface area contributed by atoms with E-state index in [4.69, 9.17) is 19.6 Å². The molecule has 1 heterocycles. The largest absolute Gasteiger partial charge is 0.497 e. The highest BCUT2D eigenvalue weighted by Gasteiger charge is 2.17. The maximum Gasteiger partial charge on any atom is 0.248 e. The van der Waals surface area contributed by atoms with Gasteiger partial charge in [0, 0.05) is 11.6 Å². The Morgan fingerprint density at radius 1 is 1.10 bits per heavy atom. The SMILES string of the molecule is COc1cc(OC)cc(-c2nnc(C(N)CC(C)C)o2)c1. The van der Waals surface area contributed by atoms with E-state index in [-0.39, 0.29) is 6.04 Å². The predicted molar refractivity (Wildman–Crippen MR) is 79.2 cm³/mol. The molecule has 1 atom stereocenters. The number of nitrogens with two attached hydrogens (primary N) is 1. The number of aromatic nitrogens is 2. The summed E-state index contributed by atoms with van der Waals surface area (Å²) in [6.45, 7) is 4.20. The molecule has 1 aromatic heterocycles. The summed E-state index contributed by atoms with van der Waals surface area (Å²) in [5.41, 5.74) is 6.79. The number of hydrogen-bond acceptors (Lipinski definition) is 6. The Morgan fingerprint density at radius 2 is 1.71 bits per heavy atom. The van der Waals surface area contributed by atoms with Crippen LogP contribution in [0.1, 0.15) is 32.2 Å². The molecule has 0 saturated carbocycles. The Bertz CT molecular complexity index is 573. The first-order valence-corrected chi connectivity index (χ1v) is 6.86. The first-order chi connectivity index (χ1) is 10.0. The van der Waals surface area contributed by atoms with Crippen LogP contribution in [0.3, 0.4) is 0 Å². The zero-order valence-corrected chi connectivity index (χ0v) is 12.8. The second kappa shape index (κ2) is 6.58. The van der Waals surface area contributed by atoms with Gasteiger partial charge in [0.15, 0.2) is 0 Å². The average molecular weight is 291 g/mol. The maximum absolute atomic E-state index is 6.05. The molecule has 2 N–H and O–H groups in total. The molecule has 0 aliphatic heterocycles. The van der Waals surface area contributed by atoms with Crippen molar-refractivity contribution in [3.8, 4) is 23.0 Å². The molecule has 0 fully saturated rings. The summed E-state index contributed by atoms with van der Waals surface area (Å²) in [6, 6.07) is 5.16. The van der Waals surface area contributed by atoms with E-state index in [1.54, 1.807) is 20.3 Å². The fourth-order valence-electron chi connectivity index (χ4n) is 2.04. The van der Waals surface area contributed by atoms with Gasteiger partial charge < -0.3 is 19.6 Å². The number of ether oxygens (including phenoxy) is 2. The predicted octanol–water partition coefficient (Wildman–Crippen LogP) is 2.80. The van der Waals surface area contributed by atoms with E-state index < -0.39 is 0 Å². The van der Waals surface area contributed by atoms with Crippen molar-refractivity contribution in [1.82, 2.24) is 10.2 Å². The Labute approximate surface area is 124 Å². The summed E-state index contributed by atoms with van der Waals surface area (Å²) in [4.78, 5) is 0. The molecular formula is C15H21N3O3. The lowest BCUT2D eigenvalue weighted by atomic mass is 10.0. The summed E-state index contributed by atoms with van der Waals surface area (Å²) >= 11 is 0. The Balaban J connectivity index is 2.28. The topological polar surface area (TPSA) is 83.4 Å². The van der Waals surface area contributed by atoms with Gasteiger partial charge in [-0.25, -0.2) is 0 Å². The van der Waals surface area contributed by atoms with Crippen LogP contribution in [-0.4, -0.2) is 24.4 Å². The zero-order valence-electron chi connectivity index (χ0n) is 12.8. The Morgan fingerprint density at radius 3 is 2.24 bits per heavy atom. The van der Waals surface area contributed by atoms with E-state index >= 15 is 0 Å². The van der Waals surface area contributed by atoms with Crippen LogP contribution >= 0.6 is 0 Å². The minimum atomic E-state index is -0.251. The van der Waals surface area contributed by atoms with Crippen molar-refractivity contribution in [2.24, 2.45) is 11.7 Å². The van der Waals surface area contributed by atoms with Crippen molar-refractivity contribution >= 4 is 0 Å². The van der Waals surface area contributed by atoms with E-state index in [0.29, 0.717) is 29.2 Å². The molecule has 0 aliphatic carbocycles. The molecule has 6 nitrogen and oxygen atoms in total. The third-order valence-electron chi connectivity index (χ3n) is 3.08. The molecule has 0 bridgehead atoms. The second-order valence-corrected chi connectivity index (χ2v) is 5.28. The van der Waals surface area contributed by atoms with E-state index in [1.807, 2.05) is 12.1 Å². The Hall–Kier alpha value is -2.08. The van der Waals surface area contributed by atoms with Crippen LogP contribution in [0.25, 0.3) is 11.5 Å². The monoisotopic (exact) mass is 291 g/mol. The molecule has 0 amide bonds. The molecule has 0 radical (unpaired) electrons. The highest BCUT2D eigenvalue weighted by Crippen LogP contribution is 2.30. The normalized spacial score (nSPS) is 12.5. The molecule has 0 spiro atoms. The summed E-state index contributed by atoms with van der Waals surface area (Å²) in [5.74, 6) is 2.64. The molecule has 0 aliphatic rings. The summed E-state index contributed by atoms with van der Waals surface area (Å²) in [6.07, 6.45) is 0.795. The quantitative estimate of drug-likeness (QED) is 0.881. The van der Waals surface area contributed by atoms with Crippen molar-refractivity contribution < 1.29 is 13.9 Å². The second-order valence-electron chi connectivity index (χ2n) is 5.28. The van der Waals surface area contributed by atoms with Crippen molar-refractivity contribution in [3.05, 3.63) is 24.1 Å². The molecule has 2 rings (SSSR count). The lowest BCUT2D eigenvalue weighted by Gasteiger charge is -2.09. The fraction of sp³-hybridized carbons (Fsp3) is 0.467. The van der Waals surface area contributed by atoms with Crippen molar-refractivity contribution in [1.29, 1.82) is 0 Å². The van der Waals surface area contributed by atoms with Gasteiger partial charge in [0.2, 0.25) is 11.8 Å². The highest BCUT2D eigenvalue weighted by molar-refractivity contribution is 5.59. The first kappa shape index (κ1) is 15.3. The van der Waals surface area contributed by atoms with Crippen molar-refractivity contribution in [2.45, 2.75) is 26.3 Å². The molecule has 1 aromatic carbocycles. The first-order valence-electron chi connectivity index (χ1n) is 6.86. The van der Waals surface area contributed by atoms with Gasteiger partial charge in [-0.1, -0.05) is 13.8 Å². The van der Waals surface area contributed by atoms with Crippen molar-refractivity contribution in [2.75, 3.05) is 14.2 Å². The number of methoxy groups -OCH3 is 2. The van der Waals surface area contributed by atoms with Crippen LogP contribution in [-0.2, 0) is 0 Å². The van der Waals surface area contributed by atoms with Gasteiger partial charge in [-0.3, -0.25) is 0 Å². The third kappa shape index (κ3) is 3.72. The van der Waals surface area contributed by atoms with Gasteiger partial charge in [0.05, 0.1) is 20.3 Å². The number of benzene rings is 1. The van der Waals surface area contributed by atoms with Gasteiger partial charge in [0.1, 0.15) is 11.5 Å². The smallest absolute Gasteiger partial charge is 0.248 e. The number of rotatable bonds is 6. The average Bonchev–Trinajstić information content (AvgIpc) is 2.96. The van der Waals surface area contributed by atoms with Gasteiger partial charge in [-0.05, 0) is 24.5 Å². The van der Waals surface area contributed by atoms with E-state index in [1.165, 1.54) is 0 Å².